The average Bonchev–Trinajstić information content (AvgIpc) is 2.22. The lowest BCUT2D eigenvalue weighted by molar-refractivity contribution is -0.139. The molecule has 0 spiro atoms. The van der Waals surface area contributed by atoms with Crippen LogP contribution in [-0.2, 0) is 9.53 Å². The lowest BCUT2D eigenvalue weighted by Gasteiger charge is -2.25. The Bertz CT molecular complexity index is 266. The van der Waals surface area contributed by atoms with Gasteiger partial charge in [0, 0.05) is 13.2 Å². The van der Waals surface area contributed by atoms with Gasteiger partial charge in [-0.3, -0.25) is 0 Å². The molecule has 0 rings (SSSR count). The summed E-state index contributed by atoms with van der Waals surface area (Å²) in [5.41, 5.74) is -0.461. The zero-order chi connectivity index (χ0) is 13.5. The number of aliphatic carboxylic acids is 1. The van der Waals surface area contributed by atoms with Crippen LogP contribution in [0.2, 0.25) is 0 Å². The third-order valence-corrected chi connectivity index (χ3v) is 2.22. The fourth-order valence-corrected chi connectivity index (χ4v) is 1.28. The van der Waals surface area contributed by atoms with Gasteiger partial charge in [-0.15, -0.1) is 0 Å². The highest BCUT2D eigenvalue weighted by atomic mass is 16.5. The molecule has 0 aromatic rings. The summed E-state index contributed by atoms with van der Waals surface area (Å²) in [7, 11) is 0. The van der Waals surface area contributed by atoms with Gasteiger partial charge >= 0.3 is 12.0 Å². The van der Waals surface area contributed by atoms with Crippen molar-refractivity contribution in [2.24, 2.45) is 0 Å². The minimum absolute atomic E-state index is 0.322. The summed E-state index contributed by atoms with van der Waals surface area (Å²) in [6.07, 6.45) is 0.345. The topological polar surface area (TPSA) is 87.7 Å². The number of carboxylic acid groups (broad SMARTS) is 1. The van der Waals surface area contributed by atoms with Gasteiger partial charge in [0.2, 0.25) is 0 Å². The monoisotopic (exact) mass is 246 g/mol. The smallest absolute Gasteiger partial charge is 0.326 e. The molecular weight excluding hydrogens is 224 g/mol. The first-order chi connectivity index (χ1) is 7.82. The van der Waals surface area contributed by atoms with E-state index < -0.39 is 23.6 Å². The van der Waals surface area contributed by atoms with Gasteiger partial charge in [0.1, 0.15) is 6.04 Å². The molecule has 0 saturated carbocycles. The van der Waals surface area contributed by atoms with Gasteiger partial charge in [0.25, 0.3) is 0 Å². The molecule has 0 saturated heterocycles. The second kappa shape index (κ2) is 7.11. The molecule has 0 bridgehead atoms. The highest BCUT2D eigenvalue weighted by Crippen LogP contribution is 2.06. The Balaban J connectivity index is 4.06. The molecule has 0 aromatic heterocycles. The number of ether oxygens (including phenoxy) is 1. The van der Waals surface area contributed by atoms with Crippen LogP contribution in [0.3, 0.4) is 0 Å². The summed E-state index contributed by atoms with van der Waals surface area (Å²) in [4.78, 5) is 22.1. The zero-order valence-electron chi connectivity index (χ0n) is 10.9. The van der Waals surface area contributed by atoms with Gasteiger partial charge in [-0.25, -0.2) is 9.59 Å². The SMILES string of the molecule is CCOC(C)(C)CNC(=O)N[C@@H](CC)C(=O)O. The van der Waals surface area contributed by atoms with E-state index in [9.17, 15) is 9.59 Å². The van der Waals surface area contributed by atoms with E-state index in [0.717, 1.165) is 0 Å². The number of amides is 2. The normalized spacial score (nSPS) is 12.9. The average molecular weight is 246 g/mol. The predicted molar refractivity (Wildman–Crippen MR) is 64.0 cm³/mol. The van der Waals surface area contributed by atoms with E-state index in [-0.39, 0.29) is 0 Å². The summed E-state index contributed by atoms with van der Waals surface area (Å²) in [6, 6.07) is -1.35. The molecule has 0 aliphatic carbocycles. The maximum absolute atomic E-state index is 11.4. The van der Waals surface area contributed by atoms with Gasteiger partial charge in [-0.1, -0.05) is 6.92 Å². The van der Waals surface area contributed by atoms with Crippen LogP contribution in [0.1, 0.15) is 34.1 Å². The van der Waals surface area contributed by atoms with Gasteiger partial charge in [0.05, 0.1) is 5.60 Å². The number of carbonyl (C=O) groups is 2. The summed E-state index contributed by atoms with van der Waals surface area (Å²) in [5, 5.41) is 13.7. The van der Waals surface area contributed by atoms with Crippen LogP contribution in [0.5, 0.6) is 0 Å². The molecule has 0 unspecified atom stereocenters. The maximum Gasteiger partial charge on any atom is 0.326 e. The summed E-state index contributed by atoms with van der Waals surface area (Å²) >= 11 is 0. The minimum atomic E-state index is -1.04. The van der Waals surface area contributed by atoms with Gasteiger partial charge in [-0.05, 0) is 27.2 Å². The zero-order valence-corrected chi connectivity index (χ0v) is 10.9. The molecule has 0 aliphatic heterocycles. The number of hydrogen-bond acceptors (Lipinski definition) is 3. The Morgan fingerprint density at radius 2 is 1.94 bits per heavy atom. The molecule has 0 aromatic carbocycles. The minimum Gasteiger partial charge on any atom is -0.480 e. The van der Waals surface area contributed by atoms with Crippen LogP contribution in [0.4, 0.5) is 4.79 Å². The van der Waals surface area contributed by atoms with Crippen molar-refractivity contribution in [2.75, 3.05) is 13.2 Å². The quantitative estimate of drug-likeness (QED) is 0.624. The molecule has 100 valence electrons. The van der Waals surface area contributed by atoms with Crippen molar-refractivity contribution in [3.63, 3.8) is 0 Å². The lowest BCUT2D eigenvalue weighted by atomic mass is 10.1. The fraction of sp³-hybridized carbons (Fsp3) is 0.818. The van der Waals surface area contributed by atoms with E-state index in [1.807, 2.05) is 20.8 Å². The molecule has 6 nitrogen and oxygen atoms in total. The largest absolute Gasteiger partial charge is 0.480 e. The van der Waals surface area contributed by atoms with Crippen LogP contribution in [0.25, 0.3) is 0 Å². The number of carbonyl (C=O) groups excluding carboxylic acids is 1. The van der Waals surface area contributed by atoms with E-state index in [1.54, 1.807) is 6.92 Å². The molecular formula is C11H22N2O4. The first-order valence-electron chi connectivity index (χ1n) is 5.73. The molecule has 0 aliphatic rings. The fourth-order valence-electron chi connectivity index (χ4n) is 1.28. The van der Waals surface area contributed by atoms with Crippen molar-refractivity contribution in [2.45, 2.75) is 45.8 Å². The molecule has 0 heterocycles. The van der Waals surface area contributed by atoms with Crippen LogP contribution in [-0.4, -0.2) is 41.9 Å². The Morgan fingerprint density at radius 1 is 1.35 bits per heavy atom. The highest BCUT2D eigenvalue weighted by Gasteiger charge is 2.21. The number of nitrogens with one attached hydrogen (secondary N) is 2. The molecule has 0 radical (unpaired) electrons. The van der Waals surface area contributed by atoms with E-state index in [0.29, 0.717) is 19.6 Å². The standard InChI is InChI=1S/C11H22N2O4/c1-5-8(9(14)15)13-10(16)12-7-11(3,4)17-6-2/h8H,5-7H2,1-4H3,(H,14,15)(H2,12,13,16)/t8-/m0/s1. The van der Waals surface area contributed by atoms with Crippen molar-refractivity contribution in [3.05, 3.63) is 0 Å². The second-order valence-electron chi connectivity index (χ2n) is 4.32. The maximum atomic E-state index is 11.4. The molecule has 17 heavy (non-hydrogen) atoms. The van der Waals surface area contributed by atoms with Crippen LogP contribution in [0.15, 0.2) is 0 Å². The highest BCUT2D eigenvalue weighted by molar-refractivity contribution is 5.82. The molecule has 1 atom stereocenters. The number of carboxylic acids is 1. The van der Waals surface area contributed by atoms with Crippen molar-refractivity contribution in [3.8, 4) is 0 Å². The summed E-state index contributed by atoms with van der Waals surface area (Å²) in [5.74, 6) is -1.04. The Hall–Kier alpha value is -1.30. The van der Waals surface area contributed by atoms with Crippen LogP contribution < -0.4 is 10.6 Å². The lowest BCUT2D eigenvalue weighted by Crippen LogP contribution is -2.49. The number of urea groups is 1. The summed E-state index contributed by atoms with van der Waals surface area (Å²) in [6.45, 7) is 8.16. The Morgan fingerprint density at radius 3 is 2.35 bits per heavy atom. The second-order valence-corrected chi connectivity index (χ2v) is 4.32. The van der Waals surface area contributed by atoms with E-state index in [1.165, 1.54) is 0 Å². The van der Waals surface area contributed by atoms with E-state index in [4.69, 9.17) is 9.84 Å². The summed E-state index contributed by atoms with van der Waals surface area (Å²) < 4.78 is 5.40. The van der Waals surface area contributed by atoms with E-state index >= 15 is 0 Å². The van der Waals surface area contributed by atoms with Crippen molar-refractivity contribution in [1.29, 1.82) is 0 Å². The van der Waals surface area contributed by atoms with Crippen molar-refractivity contribution >= 4 is 12.0 Å². The molecule has 0 fully saturated rings. The third-order valence-electron chi connectivity index (χ3n) is 2.22. The first-order valence-corrected chi connectivity index (χ1v) is 5.73. The van der Waals surface area contributed by atoms with Crippen molar-refractivity contribution in [1.82, 2.24) is 10.6 Å². The van der Waals surface area contributed by atoms with E-state index in [2.05, 4.69) is 10.6 Å². The van der Waals surface area contributed by atoms with Gasteiger partial charge in [0.15, 0.2) is 0 Å². The number of hydrogen-bond donors (Lipinski definition) is 3. The molecule has 2 amide bonds. The van der Waals surface area contributed by atoms with Crippen LogP contribution >= 0.6 is 0 Å². The molecule has 6 heteroatoms. The van der Waals surface area contributed by atoms with Gasteiger partial charge < -0.3 is 20.5 Å². The first kappa shape index (κ1) is 15.7. The Labute approximate surface area is 102 Å². The van der Waals surface area contributed by atoms with Gasteiger partial charge in [-0.2, -0.15) is 0 Å². The van der Waals surface area contributed by atoms with Crippen LogP contribution in [0, 0.1) is 0 Å². The number of rotatable bonds is 7. The molecule has 3 N–H and O–H groups in total. The van der Waals surface area contributed by atoms with Crippen molar-refractivity contribution < 1.29 is 19.4 Å². The Kier molecular flexibility index (Phi) is 6.57. The predicted octanol–water partition coefficient (Wildman–Crippen LogP) is 0.964. The third kappa shape index (κ3) is 6.78.